The highest BCUT2D eigenvalue weighted by molar-refractivity contribution is 5.97. The zero-order chi connectivity index (χ0) is 24.8. The van der Waals surface area contributed by atoms with Crippen LogP contribution < -0.4 is 16.6 Å². The van der Waals surface area contributed by atoms with Crippen LogP contribution >= 0.6 is 12.4 Å². The Morgan fingerprint density at radius 3 is 2.49 bits per heavy atom. The van der Waals surface area contributed by atoms with Gasteiger partial charge in [-0.1, -0.05) is 13.8 Å². The number of rotatable bonds is 6. The third kappa shape index (κ3) is 5.42. The summed E-state index contributed by atoms with van der Waals surface area (Å²) >= 11 is 0. The van der Waals surface area contributed by atoms with Crippen molar-refractivity contribution in [2.45, 2.75) is 58.0 Å². The second kappa shape index (κ2) is 9.84. The normalized spacial score (nSPS) is 17.7. The number of carbonyl (C=O) groups is 2. The number of aromatic hydroxyl groups is 1. The molecule has 4 N–H and O–H groups in total. The molecule has 0 bridgehead atoms. The van der Waals surface area contributed by atoms with Crippen LogP contribution in [0.15, 0.2) is 10.9 Å². The first-order valence-electron chi connectivity index (χ1n) is 11.3. The summed E-state index contributed by atoms with van der Waals surface area (Å²) in [5, 5.41) is 17.6. The van der Waals surface area contributed by atoms with E-state index in [1.54, 1.807) is 0 Å². The molecule has 35 heavy (non-hydrogen) atoms. The molecule has 10 nitrogen and oxygen atoms in total. The fourth-order valence-corrected chi connectivity index (χ4v) is 3.97. The van der Waals surface area contributed by atoms with Crippen molar-refractivity contribution in [3.63, 3.8) is 0 Å². The first-order valence-corrected chi connectivity index (χ1v) is 11.3. The van der Waals surface area contributed by atoms with Gasteiger partial charge in [0.2, 0.25) is 11.8 Å². The Hall–Kier alpha value is -3.15. The Labute approximate surface area is 206 Å². The lowest BCUT2D eigenvalue weighted by Crippen LogP contribution is -2.42. The molecule has 1 aliphatic heterocycles. The molecule has 0 radical (unpaired) electrons. The van der Waals surface area contributed by atoms with Gasteiger partial charge in [0.1, 0.15) is 0 Å². The fraction of sp³-hybridized carbons (Fsp3) is 0.545. The predicted octanol–water partition coefficient (Wildman–Crippen LogP) is 2.02. The number of anilines is 1. The first kappa shape index (κ1) is 26.5. The number of nitrogens with two attached hydrogens (primary N) is 1. The van der Waals surface area contributed by atoms with E-state index in [1.165, 1.54) is 21.6 Å². The van der Waals surface area contributed by atoms with Gasteiger partial charge in [-0.05, 0) is 24.8 Å². The quantitative estimate of drug-likeness (QED) is 0.505. The van der Waals surface area contributed by atoms with Crippen LogP contribution in [0.3, 0.4) is 0 Å². The van der Waals surface area contributed by atoms with Gasteiger partial charge in [0.15, 0.2) is 17.0 Å². The van der Waals surface area contributed by atoms with E-state index in [1.807, 2.05) is 13.8 Å². The van der Waals surface area contributed by atoms with Gasteiger partial charge in [0.25, 0.3) is 17.4 Å². The Morgan fingerprint density at radius 2 is 1.91 bits per heavy atom. The maximum absolute atomic E-state index is 13.4. The number of nitrogen functional groups attached to an aromatic ring is 1. The molecule has 0 atom stereocenters. The molecule has 0 aromatic carbocycles. The van der Waals surface area contributed by atoms with Crippen molar-refractivity contribution in [1.29, 1.82) is 0 Å². The fourth-order valence-electron chi connectivity index (χ4n) is 3.97. The molecule has 13 heteroatoms. The van der Waals surface area contributed by atoms with Gasteiger partial charge in [-0.25, -0.2) is 8.78 Å². The van der Waals surface area contributed by atoms with E-state index in [4.69, 9.17) is 5.73 Å². The topological polar surface area (TPSA) is 135 Å². The highest BCUT2D eigenvalue weighted by atomic mass is 35.5. The smallest absolute Gasteiger partial charge is 0.270 e. The lowest BCUT2D eigenvalue weighted by Gasteiger charge is -2.30. The average Bonchev–Trinajstić information content (AvgIpc) is 3.50. The lowest BCUT2D eigenvalue weighted by molar-refractivity contribution is -0.132. The molecule has 1 saturated carbocycles. The molecule has 2 aromatic heterocycles. The zero-order valence-electron chi connectivity index (χ0n) is 19.5. The van der Waals surface area contributed by atoms with Crippen LogP contribution in [0.2, 0.25) is 0 Å². The number of hydrogen-bond acceptors (Lipinski definition) is 6. The van der Waals surface area contributed by atoms with E-state index in [0.717, 1.165) is 17.4 Å². The number of aromatic nitrogens is 3. The van der Waals surface area contributed by atoms with E-state index in [-0.39, 0.29) is 61.0 Å². The molecular weight excluding hydrogens is 486 g/mol. The summed E-state index contributed by atoms with van der Waals surface area (Å²) in [6.45, 7) is 3.82. The highest BCUT2D eigenvalue weighted by Gasteiger charge is 2.35. The van der Waals surface area contributed by atoms with Gasteiger partial charge in [-0.3, -0.25) is 19.0 Å². The van der Waals surface area contributed by atoms with Crippen molar-refractivity contribution in [3.05, 3.63) is 27.6 Å². The average molecular weight is 515 g/mol. The summed E-state index contributed by atoms with van der Waals surface area (Å²) in [5.74, 6) is -4.66. The molecule has 4 rings (SSSR count). The van der Waals surface area contributed by atoms with E-state index in [2.05, 4.69) is 10.4 Å². The molecule has 3 heterocycles. The summed E-state index contributed by atoms with van der Waals surface area (Å²) < 4.78 is 29.1. The number of hydrogen-bond donors (Lipinski definition) is 3. The lowest BCUT2D eigenvalue weighted by atomic mass is 10.1. The van der Waals surface area contributed by atoms with Gasteiger partial charge >= 0.3 is 0 Å². The van der Waals surface area contributed by atoms with E-state index in [9.17, 15) is 28.3 Å². The molecule has 1 saturated heterocycles. The summed E-state index contributed by atoms with van der Waals surface area (Å²) in [6.07, 6.45) is 3.35. The Morgan fingerprint density at radius 1 is 1.29 bits per heavy atom. The molecule has 192 valence electrons. The van der Waals surface area contributed by atoms with Gasteiger partial charge < -0.3 is 21.1 Å². The molecule has 0 unspecified atom stereocenters. The van der Waals surface area contributed by atoms with E-state index < -0.39 is 47.6 Å². The minimum absolute atomic E-state index is 0. The Kier molecular flexibility index (Phi) is 7.44. The zero-order valence-corrected chi connectivity index (χ0v) is 20.3. The van der Waals surface area contributed by atoms with Gasteiger partial charge in [-0.15, -0.1) is 17.5 Å². The third-order valence-electron chi connectivity index (χ3n) is 5.95. The van der Waals surface area contributed by atoms with Crippen LogP contribution in [0.4, 0.5) is 14.6 Å². The van der Waals surface area contributed by atoms with Gasteiger partial charge in [0.05, 0.1) is 5.56 Å². The number of fused-ring (bicyclic) bond motifs is 1. The number of amides is 2. The van der Waals surface area contributed by atoms with Crippen molar-refractivity contribution in [2.75, 3.05) is 18.8 Å². The van der Waals surface area contributed by atoms with Gasteiger partial charge in [0, 0.05) is 44.6 Å². The van der Waals surface area contributed by atoms with E-state index in [0.29, 0.717) is 0 Å². The van der Waals surface area contributed by atoms with Gasteiger partial charge in [-0.2, -0.15) is 4.52 Å². The molecule has 2 aromatic rings. The molecule has 0 spiro atoms. The number of piperidine rings is 1. The summed E-state index contributed by atoms with van der Waals surface area (Å²) in [4.78, 5) is 39.8. The van der Waals surface area contributed by atoms with Crippen molar-refractivity contribution < 1.29 is 23.5 Å². The summed E-state index contributed by atoms with van der Waals surface area (Å²) in [5.41, 5.74) is 5.27. The monoisotopic (exact) mass is 514 g/mol. The maximum Gasteiger partial charge on any atom is 0.270 e. The van der Waals surface area contributed by atoms with Crippen LogP contribution in [0.25, 0.3) is 11.7 Å². The van der Waals surface area contributed by atoms with Crippen LogP contribution in [-0.2, 0) is 11.3 Å². The van der Waals surface area contributed by atoms with E-state index >= 15 is 0 Å². The number of nitrogens with one attached hydrogen (secondary N) is 1. The number of carbonyl (C=O) groups excluding carboxylic acids is 2. The van der Waals surface area contributed by atoms with Crippen LogP contribution in [0.1, 0.15) is 55.5 Å². The standard InChI is InChI=1S/C22H28F2N6O4.ClH/c1-12(2)11-29-19-14(5-6-15(31)28-9-7-22(23,24)8-10-28)17(25)27-30(19)21(34)16(20(29)33)18(32)26-13-3-4-13;/h5-6,12-13,34H,3-4,7-11H2,1-2H3,(H2,25,27)(H,26,32);1H/b6-5+;. The molecule has 1 aliphatic carbocycles. The predicted molar refractivity (Wildman–Crippen MR) is 128 cm³/mol. The van der Waals surface area contributed by atoms with Crippen molar-refractivity contribution in [1.82, 2.24) is 24.4 Å². The number of halogens is 3. The largest absolute Gasteiger partial charge is 0.492 e. The molecule has 2 amide bonds. The second-order valence-corrected chi connectivity index (χ2v) is 9.30. The minimum atomic E-state index is -2.78. The maximum atomic E-state index is 13.4. The summed E-state index contributed by atoms with van der Waals surface area (Å²) in [6, 6.07) is -0.0255. The van der Waals surface area contributed by atoms with Crippen LogP contribution in [-0.4, -0.2) is 61.1 Å². The van der Waals surface area contributed by atoms with Crippen molar-refractivity contribution >= 4 is 41.8 Å². The molecular formula is C22H29ClF2N6O4. The minimum Gasteiger partial charge on any atom is -0.492 e. The number of alkyl halides is 2. The number of likely N-dealkylation sites (tertiary alicyclic amines) is 1. The van der Waals surface area contributed by atoms with Crippen LogP contribution in [0, 0.1) is 5.92 Å². The first-order chi connectivity index (χ1) is 16.0. The van der Waals surface area contributed by atoms with Crippen LogP contribution in [0.5, 0.6) is 5.88 Å². The number of nitrogens with zero attached hydrogens (tertiary/aromatic N) is 4. The van der Waals surface area contributed by atoms with Crippen molar-refractivity contribution in [3.8, 4) is 5.88 Å². The Bertz CT molecular complexity index is 1220. The third-order valence-corrected chi connectivity index (χ3v) is 5.95. The second-order valence-electron chi connectivity index (χ2n) is 9.30. The molecule has 2 fully saturated rings. The SMILES string of the molecule is CC(C)Cn1c(=O)c(C(=O)NC2CC2)c(O)n2nc(N)c(/C=C/C(=O)N3CCC(F)(F)CC3)c12.Cl. The highest BCUT2D eigenvalue weighted by Crippen LogP contribution is 2.29. The molecule has 2 aliphatic rings. The summed E-state index contributed by atoms with van der Waals surface area (Å²) in [7, 11) is 0. The van der Waals surface area contributed by atoms with Crippen molar-refractivity contribution in [2.24, 2.45) is 5.92 Å². The Balaban J connectivity index is 0.00000342.